The van der Waals surface area contributed by atoms with Crippen molar-refractivity contribution in [3.05, 3.63) is 22.7 Å². The number of fused-ring (bicyclic) bond motifs is 1. The lowest BCUT2D eigenvalue weighted by Gasteiger charge is -2.12. The number of halogens is 1. The molecular weight excluding hydrogens is 274 g/mol. The first-order valence-corrected chi connectivity index (χ1v) is 7.99. The predicted octanol–water partition coefficient (Wildman–Crippen LogP) is 3.78. The van der Waals surface area contributed by atoms with Gasteiger partial charge in [-0.15, -0.1) is 0 Å². The first-order valence-electron chi connectivity index (χ1n) is 7.61. The van der Waals surface area contributed by atoms with E-state index in [-0.39, 0.29) is 0 Å². The van der Waals surface area contributed by atoms with Crippen molar-refractivity contribution in [2.24, 2.45) is 5.92 Å². The van der Waals surface area contributed by atoms with Gasteiger partial charge >= 0.3 is 0 Å². The summed E-state index contributed by atoms with van der Waals surface area (Å²) in [5.41, 5.74) is 1.16. The monoisotopic (exact) mass is 295 g/mol. The molecule has 0 radical (unpaired) electrons. The maximum Gasteiger partial charge on any atom is 0.179 e. The van der Waals surface area contributed by atoms with Crippen molar-refractivity contribution in [1.29, 1.82) is 0 Å². The van der Waals surface area contributed by atoms with Crippen LogP contribution in [-0.2, 0) is 6.54 Å². The number of benzene rings is 1. The SMILES string of the molecule is Clc1cc(CNCCCC2CC2)cc2c1OCCCO2. The minimum atomic E-state index is 0.652. The summed E-state index contributed by atoms with van der Waals surface area (Å²) in [6.45, 7) is 3.27. The van der Waals surface area contributed by atoms with E-state index in [9.17, 15) is 0 Å². The molecule has 3 nitrogen and oxygen atoms in total. The van der Waals surface area contributed by atoms with Crippen molar-refractivity contribution in [2.75, 3.05) is 19.8 Å². The zero-order valence-corrected chi connectivity index (χ0v) is 12.5. The molecule has 0 atom stereocenters. The number of ether oxygens (including phenoxy) is 2. The van der Waals surface area contributed by atoms with Crippen LogP contribution >= 0.6 is 11.6 Å². The molecule has 1 aliphatic carbocycles. The Bertz CT molecular complexity index is 460. The van der Waals surface area contributed by atoms with Crippen molar-refractivity contribution >= 4 is 11.6 Å². The quantitative estimate of drug-likeness (QED) is 0.810. The average molecular weight is 296 g/mol. The third-order valence-electron chi connectivity index (χ3n) is 3.85. The molecule has 1 saturated carbocycles. The Labute approximate surface area is 125 Å². The molecule has 0 spiro atoms. The molecule has 1 aliphatic heterocycles. The highest BCUT2D eigenvalue weighted by Crippen LogP contribution is 2.38. The van der Waals surface area contributed by atoms with E-state index >= 15 is 0 Å². The lowest BCUT2D eigenvalue weighted by Crippen LogP contribution is -2.15. The number of rotatable bonds is 6. The number of hydrogen-bond acceptors (Lipinski definition) is 3. The van der Waals surface area contributed by atoms with Gasteiger partial charge in [0.1, 0.15) is 0 Å². The van der Waals surface area contributed by atoms with Crippen molar-refractivity contribution in [1.82, 2.24) is 5.32 Å². The predicted molar refractivity (Wildman–Crippen MR) is 80.7 cm³/mol. The maximum absolute atomic E-state index is 6.28. The zero-order valence-electron chi connectivity index (χ0n) is 11.8. The lowest BCUT2D eigenvalue weighted by atomic mass is 10.2. The molecule has 1 aromatic rings. The van der Waals surface area contributed by atoms with E-state index in [1.807, 2.05) is 12.1 Å². The molecular formula is C16H22ClNO2. The van der Waals surface area contributed by atoms with Gasteiger partial charge < -0.3 is 14.8 Å². The van der Waals surface area contributed by atoms with Gasteiger partial charge in [-0.05, 0) is 43.0 Å². The van der Waals surface area contributed by atoms with Gasteiger partial charge in [-0.25, -0.2) is 0 Å². The second-order valence-electron chi connectivity index (χ2n) is 5.72. The van der Waals surface area contributed by atoms with Gasteiger partial charge in [0.05, 0.1) is 18.2 Å². The summed E-state index contributed by atoms with van der Waals surface area (Å²) in [6.07, 6.45) is 6.42. The van der Waals surface area contributed by atoms with Crippen LogP contribution in [0, 0.1) is 5.92 Å². The Morgan fingerprint density at radius 1 is 1.20 bits per heavy atom. The number of hydrogen-bond donors (Lipinski definition) is 1. The molecule has 1 N–H and O–H groups in total. The standard InChI is InChI=1S/C16H22ClNO2/c17-14-9-13(11-18-6-1-3-12-4-5-12)10-15-16(14)20-8-2-7-19-15/h9-10,12,18H,1-8,11H2. The van der Waals surface area contributed by atoms with Crippen LogP contribution in [0.2, 0.25) is 5.02 Å². The molecule has 20 heavy (non-hydrogen) atoms. The van der Waals surface area contributed by atoms with Crippen molar-refractivity contribution in [3.8, 4) is 11.5 Å². The summed E-state index contributed by atoms with van der Waals surface area (Å²) in [7, 11) is 0. The molecule has 1 aromatic carbocycles. The van der Waals surface area contributed by atoms with Crippen LogP contribution in [-0.4, -0.2) is 19.8 Å². The largest absolute Gasteiger partial charge is 0.489 e. The summed E-state index contributed by atoms with van der Waals surface area (Å²) in [6, 6.07) is 4.02. The first-order chi connectivity index (χ1) is 9.83. The van der Waals surface area contributed by atoms with E-state index < -0.39 is 0 Å². The van der Waals surface area contributed by atoms with Gasteiger partial charge in [-0.1, -0.05) is 24.4 Å². The van der Waals surface area contributed by atoms with Crippen LogP contribution in [0.3, 0.4) is 0 Å². The summed E-state index contributed by atoms with van der Waals surface area (Å²) < 4.78 is 11.3. The van der Waals surface area contributed by atoms with E-state index in [0.29, 0.717) is 24.0 Å². The summed E-state index contributed by atoms with van der Waals surface area (Å²) >= 11 is 6.28. The van der Waals surface area contributed by atoms with Gasteiger partial charge in [-0.2, -0.15) is 0 Å². The van der Waals surface area contributed by atoms with Gasteiger partial charge in [0.2, 0.25) is 0 Å². The van der Waals surface area contributed by atoms with Gasteiger partial charge in [0.25, 0.3) is 0 Å². The van der Waals surface area contributed by atoms with Crippen LogP contribution in [0.1, 0.15) is 37.7 Å². The Hall–Kier alpha value is -0.930. The maximum atomic E-state index is 6.28. The normalized spacial score (nSPS) is 17.9. The van der Waals surface area contributed by atoms with Crippen LogP contribution in [0.15, 0.2) is 12.1 Å². The van der Waals surface area contributed by atoms with E-state index in [2.05, 4.69) is 5.32 Å². The molecule has 0 bridgehead atoms. The van der Waals surface area contributed by atoms with E-state index in [1.165, 1.54) is 25.7 Å². The smallest absolute Gasteiger partial charge is 0.179 e. The minimum Gasteiger partial charge on any atom is -0.489 e. The Morgan fingerprint density at radius 2 is 2.05 bits per heavy atom. The summed E-state index contributed by atoms with van der Waals surface area (Å²) in [5, 5.41) is 4.13. The first kappa shape index (κ1) is 14.0. The highest BCUT2D eigenvalue weighted by atomic mass is 35.5. The topological polar surface area (TPSA) is 30.5 Å². The second kappa shape index (κ2) is 6.68. The third-order valence-corrected chi connectivity index (χ3v) is 4.13. The molecule has 2 aliphatic rings. The molecule has 1 heterocycles. The van der Waals surface area contributed by atoms with Crippen molar-refractivity contribution in [3.63, 3.8) is 0 Å². The lowest BCUT2D eigenvalue weighted by molar-refractivity contribution is 0.297. The number of nitrogens with one attached hydrogen (secondary N) is 1. The Balaban J connectivity index is 1.53. The zero-order chi connectivity index (χ0) is 13.8. The molecule has 0 saturated heterocycles. The fraction of sp³-hybridized carbons (Fsp3) is 0.625. The highest BCUT2D eigenvalue weighted by Gasteiger charge is 2.20. The van der Waals surface area contributed by atoms with Crippen LogP contribution < -0.4 is 14.8 Å². The molecule has 3 rings (SSSR count). The fourth-order valence-electron chi connectivity index (χ4n) is 2.54. The van der Waals surface area contributed by atoms with Crippen LogP contribution in [0.5, 0.6) is 11.5 Å². The van der Waals surface area contributed by atoms with Gasteiger partial charge in [0, 0.05) is 13.0 Å². The summed E-state index contributed by atoms with van der Waals surface area (Å²) in [4.78, 5) is 0. The van der Waals surface area contributed by atoms with Crippen molar-refractivity contribution in [2.45, 2.75) is 38.6 Å². The van der Waals surface area contributed by atoms with E-state index in [4.69, 9.17) is 21.1 Å². The van der Waals surface area contributed by atoms with E-state index in [1.54, 1.807) is 0 Å². The molecule has 110 valence electrons. The van der Waals surface area contributed by atoms with Crippen molar-refractivity contribution < 1.29 is 9.47 Å². The average Bonchev–Trinajstić information content (AvgIpc) is 3.24. The van der Waals surface area contributed by atoms with E-state index in [0.717, 1.165) is 36.7 Å². The third kappa shape index (κ3) is 3.80. The fourth-order valence-corrected chi connectivity index (χ4v) is 2.83. The molecule has 0 unspecified atom stereocenters. The van der Waals surface area contributed by atoms with Crippen LogP contribution in [0.4, 0.5) is 0 Å². The minimum absolute atomic E-state index is 0.652. The van der Waals surface area contributed by atoms with Gasteiger partial charge in [-0.3, -0.25) is 0 Å². The molecule has 0 aromatic heterocycles. The summed E-state index contributed by atoms with van der Waals surface area (Å²) in [5.74, 6) is 2.50. The Morgan fingerprint density at radius 3 is 2.90 bits per heavy atom. The van der Waals surface area contributed by atoms with Gasteiger partial charge in [0.15, 0.2) is 11.5 Å². The molecule has 4 heteroatoms. The molecule has 0 amide bonds. The second-order valence-corrected chi connectivity index (χ2v) is 6.12. The molecule has 1 fully saturated rings. The van der Waals surface area contributed by atoms with Crippen LogP contribution in [0.25, 0.3) is 0 Å². The Kier molecular flexibility index (Phi) is 4.69. The highest BCUT2D eigenvalue weighted by molar-refractivity contribution is 6.32.